The molecule has 0 aliphatic heterocycles. The number of carboxylic acids is 1. The van der Waals surface area contributed by atoms with E-state index in [2.05, 4.69) is 46.0 Å². The molecule has 0 saturated heterocycles. The van der Waals surface area contributed by atoms with Crippen LogP contribution in [0.25, 0.3) is 0 Å². The van der Waals surface area contributed by atoms with Gasteiger partial charge in [-0.05, 0) is 36.1 Å². The lowest BCUT2D eigenvalue weighted by atomic mass is 10.0. The Kier molecular flexibility index (Phi) is 6.28. The highest BCUT2D eigenvalue weighted by Crippen LogP contribution is 2.32. The van der Waals surface area contributed by atoms with Crippen LogP contribution >= 0.6 is 27.7 Å². The number of aromatic nitrogens is 3. The van der Waals surface area contributed by atoms with Crippen LogP contribution in [0.4, 0.5) is 0 Å². The van der Waals surface area contributed by atoms with Crippen LogP contribution in [0.2, 0.25) is 0 Å². The first-order chi connectivity index (χ1) is 11.3. The number of rotatable bonds is 7. The summed E-state index contributed by atoms with van der Waals surface area (Å²) in [5.41, 5.74) is 2.22. The van der Waals surface area contributed by atoms with E-state index in [1.54, 1.807) is 11.6 Å². The third-order valence-corrected chi connectivity index (χ3v) is 5.38. The number of thioether (sulfide) groups is 1. The lowest BCUT2D eigenvalue weighted by Crippen LogP contribution is -2.07. The van der Waals surface area contributed by atoms with Gasteiger partial charge in [0.1, 0.15) is 12.4 Å². The van der Waals surface area contributed by atoms with Crippen LogP contribution in [-0.2, 0) is 18.4 Å². The van der Waals surface area contributed by atoms with Crippen molar-refractivity contribution in [1.29, 1.82) is 0 Å². The summed E-state index contributed by atoms with van der Waals surface area (Å²) in [5.74, 6) is 0.883. The number of hydrogen-bond donors (Lipinski definition) is 1. The highest BCUT2D eigenvalue weighted by atomic mass is 79.9. The maximum absolute atomic E-state index is 10.7. The molecular formula is C16H20BrN3O3S. The fourth-order valence-electron chi connectivity index (χ4n) is 2.11. The minimum absolute atomic E-state index is 0.0454. The molecule has 0 atom stereocenters. The Labute approximate surface area is 153 Å². The Bertz CT molecular complexity index is 746. The van der Waals surface area contributed by atoms with Gasteiger partial charge in [-0.1, -0.05) is 41.5 Å². The highest BCUT2D eigenvalue weighted by molar-refractivity contribution is 9.10. The van der Waals surface area contributed by atoms with Gasteiger partial charge < -0.3 is 14.4 Å². The lowest BCUT2D eigenvalue weighted by molar-refractivity contribution is -0.133. The monoisotopic (exact) mass is 413 g/mol. The standard InChI is InChI=1S/C16H20BrN3O3S/c1-9(2)11-6-12(17)10(3)5-13(11)23-7-14-18-19-16(20(14)4)24-8-15(21)22/h5-6,9H,7-8H2,1-4H3,(H,21,22). The minimum Gasteiger partial charge on any atom is -0.485 e. The second-order valence-corrected chi connectivity index (χ2v) is 7.52. The van der Waals surface area contributed by atoms with E-state index in [-0.39, 0.29) is 12.4 Å². The molecule has 130 valence electrons. The molecule has 0 bridgehead atoms. The number of aryl methyl sites for hydroxylation is 1. The zero-order valence-electron chi connectivity index (χ0n) is 14.0. The summed E-state index contributed by atoms with van der Waals surface area (Å²) in [4.78, 5) is 10.7. The SMILES string of the molecule is Cc1cc(OCc2nnc(SCC(=O)O)n2C)c(C(C)C)cc1Br. The molecule has 0 spiro atoms. The van der Waals surface area contributed by atoms with Crippen LogP contribution in [0.5, 0.6) is 5.75 Å². The van der Waals surface area contributed by atoms with E-state index in [1.165, 1.54) is 0 Å². The van der Waals surface area contributed by atoms with Gasteiger partial charge in [0, 0.05) is 11.5 Å². The molecule has 1 aromatic carbocycles. The van der Waals surface area contributed by atoms with Crippen LogP contribution < -0.4 is 4.74 Å². The second-order valence-electron chi connectivity index (χ2n) is 5.72. The molecule has 1 aromatic heterocycles. The topological polar surface area (TPSA) is 77.2 Å². The smallest absolute Gasteiger partial charge is 0.313 e. The largest absolute Gasteiger partial charge is 0.485 e. The van der Waals surface area contributed by atoms with E-state index in [4.69, 9.17) is 9.84 Å². The molecule has 0 aliphatic rings. The van der Waals surface area contributed by atoms with Gasteiger partial charge in [-0.25, -0.2) is 0 Å². The molecular weight excluding hydrogens is 394 g/mol. The summed E-state index contributed by atoms with van der Waals surface area (Å²) < 4.78 is 8.79. The third-order valence-electron chi connectivity index (χ3n) is 3.52. The molecule has 2 aromatic rings. The summed E-state index contributed by atoms with van der Waals surface area (Å²) in [6, 6.07) is 4.09. The summed E-state index contributed by atoms with van der Waals surface area (Å²) in [7, 11) is 1.80. The maximum atomic E-state index is 10.7. The summed E-state index contributed by atoms with van der Waals surface area (Å²) in [5, 5.41) is 17.4. The fraction of sp³-hybridized carbons (Fsp3) is 0.438. The van der Waals surface area contributed by atoms with E-state index in [9.17, 15) is 4.79 Å². The number of carboxylic acid groups (broad SMARTS) is 1. The molecule has 0 unspecified atom stereocenters. The van der Waals surface area contributed by atoms with Gasteiger partial charge >= 0.3 is 5.97 Å². The van der Waals surface area contributed by atoms with Gasteiger partial charge in [-0.15, -0.1) is 10.2 Å². The van der Waals surface area contributed by atoms with Crippen molar-refractivity contribution in [2.24, 2.45) is 7.05 Å². The van der Waals surface area contributed by atoms with Gasteiger partial charge in [0.2, 0.25) is 0 Å². The normalized spacial score (nSPS) is 11.1. The van der Waals surface area contributed by atoms with Gasteiger partial charge in [0.25, 0.3) is 0 Å². The number of halogens is 1. The number of aliphatic carboxylic acids is 1. The highest BCUT2D eigenvalue weighted by Gasteiger charge is 2.14. The molecule has 0 aliphatic carbocycles. The van der Waals surface area contributed by atoms with Gasteiger partial charge in [0.05, 0.1) is 5.75 Å². The Hall–Kier alpha value is -1.54. The minimum atomic E-state index is -0.882. The number of hydrogen-bond acceptors (Lipinski definition) is 5. The Morgan fingerprint density at radius 2 is 2.12 bits per heavy atom. The molecule has 1 N–H and O–H groups in total. The Balaban J connectivity index is 2.14. The van der Waals surface area contributed by atoms with Gasteiger partial charge in [-0.2, -0.15) is 0 Å². The molecule has 0 fully saturated rings. The van der Waals surface area contributed by atoms with Crippen LogP contribution in [0, 0.1) is 6.92 Å². The van der Waals surface area contributed by atoms with Crippen molar-refractivity contribution < 1.29 is 14.6 Å². The van der Waals surface area contributed by atoms with Crippen molar-refractivity contribution in [2.45, 2.75) is 38.5 Å². The Morgan fingerprint density at radius 1 is 1.42 bits per heavy atom. The van der Waals surface area contributed by atoms with Crippen molar-refractivity contribution in [3.05, 3.63) is 33.6 Å². The van der Waals surface area contributed by atoms with Crippen LogP contribution in [0.1, 0.15) is 36.7 Å². The van der Waals surface area contributed by atoms with Gasteiger partial charge in [0.15, 0.2) is 11.0 Å². The average molecular weight is 414 g/mol. The van der Waals surface area contributed by atoms with Crippen LogP contribution in [-0.4, -0.2) is 31.6 Å². The van der Waals surface area contributed by atoms with E-state index < -0.39 is 5.97 Å². The average Bonchev–Trinajstić information content (AvgIpc) is 2.86. The molecule has 24 heavy (non-hydrogen) atoms. The van der Waals surface area contributed by atoms with E-state index in [0.717, 1.165) is 33.1 Å². The first-order valence-electron chi connectivity index (χ1n) is 7.45. The van der Waals surface area contributed by atoms with E-state index in [1.807, 2.05) is 13.0 Å². The number of nitrogens with zero attached hydrogens (tertiary/aromatic N) is 3. The number of benzene rings is 1. The predicted octanol–water partition coefficient (Wildman–Crippen LogP) is 3.77. The molecule has 8 heteroatoms. The zero-order valence-corrected chi connectivity index (χ0v) is 16.4. The number of ether oxygens (including phenoxy) is 1. The summed E-state index contributed by atoms with van der Waals surface area (Å²) in [6.07, 6.45) is 0. The van der Waals surface area contributed by atoms with Gasteiger partial charge in [-0.3, -0.25) is 4.79 Å². The summed E-state index contributed by atoms with van der Waals surface area (Å²) in [6.45, 7) is 6.53. The van der Waals surface area contributed by atoms with Crippen LogP contribution in [0.15, 0.2) is 21.8 Å². The van der Waals surface area contributed by atoms with Crippen molar-refractivity contribution >= 4 is 33.7 Å². The summed E-state index contributed by atoms with van der Waals surface area (Å²) >= 11 is 4.69. The number of carbonyl (C=O) groups is 1. The molecule has 2 rings (SSSR count). The van der Waals surface area contributed by atoms with Crippen molar-refractivity contribution in [1.82, 2.24) is 14.8 Å². The van der Waals surface area contributed by atoms with Crippen molar-refractivity contribution in [3.8, 4) is 5.75 Å². The fourth-order valence-corrected chi connectivity index (χ4v) is 3.12. The van der Waals surface area contributed by atoms with Crippen molar-refractivity contribution in [3.63, 3.8) is 0 Å². The van der Waals surface area contributed by atoms with E-state index >= 15 is 0 Å². The predicted molar refractivity (Wildman–Crippen MR) is 96.7 cm³/mol. The van der Waals surface area contributed by atoms with E-state index in [0.29, 0.717) is 16.9 Å². The molecule has 0 saturated carbocycles. The van der Waals surface area contributed by atoms with Crippen molar-refractivity contribution in [2.75, 3.05) is 5.75 Å². The molecule has 1 heterocycles. The Morgan fingerprint density at radius 3 is 2.75 bits per heavy atom. The molecule has 6 nitrogen and oxygen atoms in total. The second kappa shape index (κ2) is 8.02. The van der Waals surface area contributed by atoms with Crippen LogP contribution in [0.3, 0.4) is 0 Å². The third kappa shape index (κ3) is 4.51. The zero-order chi connectivity index (χ0) is 17.9. The molecule has 0 amide bonds. The first-order valence-corrected chi connectivity index (χ1v) is 9.23. The molecule has 0 radical (unpaired) electrons. The lowest BCUT2D eigenvalue weighted by Gasteiger charge is -2.16. The quantitative estimate of drug-likeness (QED) is 0.696. The maximum Gasteiger partial charge on any atom is 0.313 e. The first kappa shape index (κ1) is 18.8.